The van der Waals surface area contributed by atoms with Gasteiger partial charge in [0.1, 0.15) is 0 Å². The second-order valence-corrected chi connectivity index (χ2v) is 8.16. The molecule has 1 aliphatic rings. The Kier molecular flexibility index (Phi) is 3.42. The quantitative estimate of drug-likeness (QED) is 0.340. The molecule has 0 saturated heterocycles. The number of halogens is 10. The van der Waals surface area contributed by atoms with E-state index in [1.54, 1.807) is 0 Å². The van der Waals surface area contributed by atoms with E-state index >= 15 is 0 Å². The molecule has 17 heavy (non-hydrogen) atoms. The van der Waals surface area contributed by atoms with Gasteiger partial charge in [-0.2, -0.15) is 13.2 Å². The molecule has 0 aliphatic heterocycles. The van der Waals surface area contributed by atoms with Gasteiger partial charge < -0.3 is 0 Å². The fourth-order valence-corrected chi connectivity index (χ4v) is 0.630. The van der Waals surface area contributed by atoms with Crippen LogP contribution in [0.3, 0.4) is 0 Å². The van der Waals surface area contributed by atoms with Crippen LogP contribution in [0.15, 0.2) is 11.7 Å². The number of hydrogen-bond acceptors (Lipinski definition) is 0. The molecule has 0 fully saturated rings. The maximum atomic E-state index is 12.0. The Hall–Kier alpha value is -0.472. The normalized spacial score (nSPS) is 25.5. The second kappa shape index (κ2) is 3.52. The van der Waals surface area contributed by atoms with Gasteiger partial charge in [0.15, 0.2) is 0 Å². The third-order valence-corrected chi connectivity index (χ3v) is 1.16. The van der Waals surface area contributed by atoms with Crippen LogP contribution in [0.5, 0.6) is 0 Å². The molecule has 12 heteroatoms. The van der Waals surface area contributed by atoms with Gasteiger partial charge in [0.05, 0.1) is 0 Å². The van der Waals surface area contributed by atoms with Crippen LogP contribution >= 0.6 is 0 Å². The van der Waals surface area contributed by atoms with Crippen LogP contribution in [-0.2, 0) is 4.42 Å². The summed E-state index contributed by atoms with van der Waals surface area (Å²) in [6, 6.07) is 0. The van der Waals surface area contributed by atoms with Crippen molar-refractivity contribution in [2.45, 2.75) is 5.92 Å². The molecule has 0 heterocycles. The van der Waals surface area contributed by atoms with Gasteiger partial charge in [-0.05, 0) is 0 Å². The van der Waals surface area contributed by atoms with Crippen LogP contribution in [0.25, 0.3) is 0 Å². The van der Waals surface area contributed by atoms with Gasteiger partial charge in [-0.15, -0.1) is 0 Å². The van der Waals surface area contributed by atoms with Crippen molar-refractivity contribution < 1.29 is 38.9 Å². The number of hydrogen-bond donors (Lipinski definition) is 0. The summed E-state index contributed by atoms with van der Waals surface area (Å²) in [5, 5.41) is 0. The van der Waals surface area contributed by atoms with Crippen molar-refractivity contribution in [2.24, 2.45) is 0 Å². The SMILES string of the molecule is C[O+]=C1C(F)=C(F)C1(F)F.[F][Sb-]([F])([F])([F])([F])[F]. The van der Waals surface area contributed by atoms with Gasteiger partial charge in [0.2, 0.25) is 5.83 Å². The molecule has 1 rings (SSSR count). The zero-order valence-corrected chi connectivity index (χ0v) is 10.2. The molecule has 0 amide bonds. The third-order valence-electron chi connectivity index (χ3n) is 1.16. The molecule has 0 unspecified atom stereocenters. The van der Waals surface area contributed by atoms with Crippen molar-refractivity contribution in [3.05, 3.63) is 11.7 Å². The Morgan fingerprint density at radius 3 is 1.35 bits per heavy atom. The molecule has 0 N–H and O–H groups in total. The molecule has 0 bridgehead atoms. The fourth-order valence-electron chi connectivity index (χ4n) is 0.630. The summed E-state index contributed by atoms with van der Waals surface area (Å²) >= 11 is -11.2. The van der Waals surface area contributed by atoms with E-state index in [1.165, 1.54) is 0 Å². The van der Waals surface area contributed by atoms with Crippen LogP contribution in [0.1, 0.15) is 0 Å². The molecule has 0 aromatic heterocycles. The Balaban J connectivity index is 0.000000325. The average Bonchev–Trinajstić information content (AvgIpc) is 1.98. The van der Waals surface area contributed by atoms with Gasteiger partial charge in [-0.3, -0.25) is 4.42 Å². The van der Waals surface area contributed by atoms with E-state index in [0.29, 0.717) is 0 Å². The van der Waals surface area contributed by atoms with Crippen molar-refractivity contribution in [3.63, 3.8) is 0 Å². The van der Waals surface area contributed by atoms with Crippen molar-refractivity contribution in [1.29, 1.82) is 0 Å². The van der Waals surface area contributed by atoms with Crippen molar-refractivity contribution in [2.75, 3.05) is 7.11 Å². The summed E-state index contributed by atoms with van der Waals surface area (Å²) in [5.74, 6) is -8.72. The van der Waals surface area contributed by atoms with Crippen LogP contribution < -0.4 is 0 Å². The minimum absolute atomic E-state index is 0.856. The number of rotatable bonds is 0. The summed E-state index contributed by atoms with van der Waals surface area (Å²) in [4.78, 5) is 0. The minimum atomic E-state index is -11.2. The Labute approximate surface area is 89.3 Å². The monoisotopic (exact) mass is 390 g/mol. The van der Waals surface area contributed by atoms with E-state index in [0.717, 1.165) is 7.11 Å². The predicted octanol–water partition coefficient (Wildman–Crippen LogP) is 3.66. The standard InChI is InChI=1S/C5H3F4O.6FH.Sb/c1-10-4-2(6)3(7)5(4,8)9;;;;;;;/h1H3;6*1H;/q+1;;;;;;;+5/p-6. The molecule has 0 radical (unpaired) electrons. The molecule has 1 nitrogen and oxygen atoms in total. The zero-order valence-electron chi connectivity index (χ0n) is 7.64. The number of carbonyl (C=O) groups excluding carboxylic acids is 1. The number of allylic oxidation sites excluding steroid dienone is 2. The first-order chi connectivity index (χ1) is 6.96. The van der Waals surface area contributed by atoms with Gasteiger partial charge in [0.25, 0.3) is 12.9 Å². The van der Waals surface area contributed by atoms with Crippen LogP contribution in [0, 0.1) is 0 Å². The third kappa shape index (κ3) is 6.13. The molecule has 0 saturated carbocycles. The molecule has 0 aromatic carbocycles. The summed E-state index contributed by atoms with van der Waals surface area (Å²) < 4.78 is 111. The molecular formula is C5H3F10OSb. The molecule has 0 aromatic rings. The zero-order chi connectivity index (χ0) is 14.3. The first-order valence-corrected chi connectivity index (χ1v) is 9.17. The van der Waals surface area contributed by atoms with Crippen molar-refractivity contribution >= 4 is 25.3 Å². The Morgan fingerprint density at radius 2 is 1.24 bits per heavy atom. The van der Waals surface area contributed by atoms with E-state index in [4.69, 9.17) is 0 Å². The van der Waals surface area contributed by atoms with Crippen molar-refractivity contribution in [3.8, 4) is 0 Å². The van der Waals surface area contributed by atoms with E-state index < -0.39 is 42.8 Å². The molecular weight excluding hydrogens is 388 g/mol. The number of ketones is 1. The average molecular weight is 391 g/mol. The Morgan fingerprint density at radius 1 is 0.941 bits per heavy atom. The molecule has 104 valence electrons. The topological polar surface area (TPSA) is 11.3 Å². The first kappa shape index (κ1) is 16.5. The summed E-state index contributed by atoms with van der Waals surface area (Å²) in [7, 11) is 0.856. The van der Waals surface area contributed by atoms with Crippen LogP contribution in [-0.4, -0.2) is 38.3 Å². The Bertz CT molecular complexity index is 374. The molecule has 0 atom stereocenters. The van der Waals surface area contributed by atoms with Gasteiger partial charge in [0, 0.05) is 0 Å². The van der Waals surface area contributed by atoms with Crippen LogP contribution in [0.4, 0.5) is 34.4 Å². The summed E-state index contributed by atoms with van der Waals surface area (Å²) in [6.07, 6.45) is 0. The second-order valence-electron chi connectivity index (χ2n) is 2.69. The molecule has 0 spiro atoms. The van der Waals surface area contributed by atoms with E-state index in [1.807, 2.05) is 0 Å². The van der Waals surface area contributed by atoms with Crippen molar-refractivity contribution in [1.82, 2.24) is 0 Å². The van der Waals surface area contributed by atoms with E-state index in [-0.39, 0.29) is 0 Å². The van der Waals surface area contributed by atoms with Gasteiger partial charge in [-0.25, -0.2) is 4.39 Å². The summed E-state index contributed by atoms with van der Waals surface area (Å²) in [5.41, 5.74) is 0. The van der Waals surface area contributed by atoms with E-state index in [2.05, 4.69) is 4.42 Å². The summed E-state index contributed by atoms with van der Waals surface area (Å²) in [6.45, 7) is 0. The molecule has 1 aliphatic carbocycles. The number of alkyl halides is 2. The van der Waals surface area contributed by atoms with E-state index in [9.17, 15) is 34.4 Å². The fraction of sp³-hybridized carbons (Fsp3) is 0.400. The maximum absolute atomic E-state index is 12.0. The predicted molar refractivity (Wildman–Crippen MR) is 37.5 cm³/mol. The van der Waals surface area contributed by atoms with Gasteiger partial charge >= 0.3 is 48.1 Å². The van der Waals surface area contributed by atoms with Gasteiger partial charge in [-0.1, -0.05) is 0 Å². The first-order valence-electron chi connectivity index (χ1n) is 3.38. The van der Waals surface area contributed by atoms with Crippen LogP contribution in [0.2, 0.25) is 0 Å².